The summed E-state index contributed by atoms with van der Waals surface area (Å²) < 4.78 is 19.1. The minimum Gasteiger partial charge on any atom is -0.481 e. The summed E-state index contributed by atoms with van der Waals surface area (Å²) in [4.78, 5) is 50.7. The molecular weight excluding hydrogens is 575 g/mol. The smallest absolute Gasteiger partial charge is 0.338 e. The first-order valence-electron chi connectivity index (χ1n) is 13.2. The Morgan fingerprint density at radius 3 is 2.80 bits per heavy atom. The Balaban J connectivity index is 1.36. The number of ether oxygens (including phenoxy) is 1. The van der Waals surface area contributed by atoms with Crippen LogP contribution in [0.15, 0.2) is 46.0 Å². The first kappa shape index (κ1) is 27.6. The molecule has 2 amide bonds. The largest absolute Gasteiger partial charge is 0.481 e. The van der Waals surface area contributed by atoms with Gasteiger partial charge in [-0.3, -0.25) is 14.7 Å². The second-order valence-corrected chi connectivity index (χ2v) is 12.0. The van der Waals surface area contributed by atoms with Crippen LogP contribution in [0.25, 0.3) is 0 Å². The van der Waals surface area contributed by atoms with Gasteiger partial charge in [0, 0.05) is 60.6 Å². The number of rotatable bonds is 7. The molecule has 3 N–H and O–H groups in total. The average molecular weight is 603 g/mol. The molecule has 1 aromatic carbocycles. The molecule has 4 heterocycles. The van der Waals surface area contributed by atoms with Crippen LogP contribution in [-0.2, 0) is 14.3 Å². The molecule has 4 aliphatic rings. The normalized spacial score (nSPS) is 27.9. The summed E-state index contributed by atoms with van der Waals surface area (Å²) in [5, 5.41) is 18.3. The summed E-state index contributed by atoms with van der Waals surface area (Å²) >= 11 is 7.83. The predicted octanol–water partition coefficient (Wildman–Crippen LogP) is 2.64. The Bertz CT molecular complexity index is 1460. The molecule has 41 heavy (non-hydrogen) atoms. The first-order valence-corrected chi connectivity index (χ1v) is 14.5. The summed E-state index contributed by atoms with van der Waals surface area (Å²) in [6.07, 6.45) is 2.67. The number of urea groups is 1. The number of esters is 1. The molecule has 1 saturated carbocycles. The molecule has 11 nitrogen and oxygen atoms in total. The highest BCUT2D eigenvalue weighted by Gasteiger charge is 2.57. The van der Waals surface area contributed by atoms with Crippen LogP contribution in [0.2, 0.25) is 5.02 Å². The van der Waals surface area contributed by atoms with Gasteiger partial charge in [-0.2, -0.15) is 0 Å². The third kappa shape index (κ3) is 4.85. The van der Waals surface area contributed by atoms with Crippen molar-refractivity contribution in [2.75, 3.05) is 39.8 Å². The molecule has 3 fully saturated rings. The number of hydrogen-bond donors (Lipinski definition) is 3. The first-order chi connectivity index (χ1) is 19.7. The van der Waals surface area contributed by atoms with Gasteiger partial charge >= 0.3 is 18.0 Å². The Hall–Kier alpha value is -3.55. The van der Waals surface area contributed by atoms with Gasteiger partial charge < -0.3 is 25.4 Å². The predicted molar refractivity (Wildman–Crippen MR) is 148 cm³/mol. The Labute approximate surface area is 244 Å². The van der Waals surface area contributed by atoms with Crippen LogP contribution in [0.3, 0.4) is 0 Å². The van der Waals surface area contributed by atoms with E-state index in [-0.39, 0.29) is 22.5 Å². The zero-order chi connectivity index (χ0) is 28.9. The van der Waals surface area contributed by atoms with E-state index in [1.165, 1.54) is 36.6 Å². The molecule has 3 aliphatic heterocycles. The average Bonchev–Trinajstić information content (AvgIpc) is 3.56. The highest BCUT2D eigenvalue weighted by Crippen LogP contribution is 2.47. The van der Waals surface area contributed by atoms with Crippen LogP contribution in [0.5, 0.6) is 0 Å². The van der Waals surface area contributed by atoms with E-state index in [1.54, 1.807) is 6.20 Å². The molecule has 6 rings (SSSR count). The van der Waals surface area contributed by atoms with Crippen LogP contribution < -0.4 is 10.6 Å². The quantitative estimate of drug-likeness (QED) is 0.412. The highest BCUT2D eigenvalue weighted by molar-refractivity contribution is 7.11. The molecule has 2 saturated heterocycles. The van der Waals surface area contributed by atoms with E-state index in [2.05, 4.69) is 20.5 Å². The maximum atomic E-state index is 13.9. The molecule has 216 valence electrons. The number of fused-ring (bicyclic) bond motifs is 1. The van der Waals surface area contributed by atoms with Gasteiger partial charge in [0.05, 0.1) is 24.1 Å². The number of piperazine rings is 1. The maximum Gasteiger partial charge on any atom is 0.338 e. The van der Waals surface area contributed by atoms with E-state index < -0.39 is 35.3 Å². The molecule has 0 radical (unpaired) electrons. The topological polar surface area (TPSA) is 136 Å². The lowest BCUT2D eigenvalue weighted by Gasteiger charge is -2.54. The molecular formula is C27H28ClFN6O5S. The molecule has 1 aliphatic carbocycles. The zero-order valence-corrected chi connectivity index (χ0v) is 23.7. The summed E-state index contributed by atoms with van der Waals surface area (Å²) in [6, 6.07) is 2.95. The van der Waals surface area contributed by atoms with Crippen molar-refractivity contribution < 1.29 is 28.6 Å². The lowest BCUT2D eigenvalue weighted by atomic mass is 9.63. The molecule has 1 aromatic heterocycles. The number of thiazole rings is 1. The van der Waals surface area contributed by atoms with E-state index in [0.717, 1.165) is 0 Å². The Morgan fingerprint density at radius 1 is 1.32 bits per heavy atom. The third-order valence-corrected chi connectivity index (χ3v) is 9.63. The summed E-state index contributed by atoms with van der Waals surface area (Å²) in [5.74, 6) is -1.85. The van der Waals surface area contributed by atoms with Crippen molar-refractivity contribution in [3.8, 4) is 0 Å². The number of nitrogens with zero attached hydrogens (tertiary/aromatic N) is 4. The van der Waals surface area contributed by atoms with Gasteiger partial charge in [0.25, 0.3) is 0 Å². The molecule has 0 bridgehead atoms. The van der Waals surface area contributed by atoms with Crippen LogP contribution in [-0.4, -0.2) is 89.1 Å². The molecule has 14 heteroatoms. The number of benzene rings is 1. The fourth-order valence-electron chi connectivity index (χ4n) is 6.37. The van der Waals surface area contributed by atoms with Crippen molar-refractivity contribution in [3.05, 3.63) is 62.5 Å². The number of halogens is 2. The van der Waals surface area contributed by atoms with Crippen LogP contribution in [0, 0.1) is 17.7 Å². The second-order valence-electron chi connectivity index (χ2n) is 10.7. The number of carbonyl (C=O) groups is 3. The SMILES string of the molecule is COC(=O)C1=C(CN2CCN3C(=O)NC[C@]3(C3CC(C(=O)O)C3)C2)NC(c2nccs2)=N[C@H]1c1ccc(F)cc1Cl. The van der Waals surface area contributed by atoms with Crippen molar-refractivity contribution in [1.29, 1.82) is 0 Å². The summed E-state index contributed by atoms with van der Waals surface area (Å²) in [5.41, 5.74) is 0.685. The van der Waals surface area contributed by atoms with Crippen molar-refractivity contribution in [1.82, 2.24) is 25.4 Å². The van der Waals surface area contributed by atoms with E-state index >= 15 is 0 Å². The Morgan fingerprint density at radius 2 is 2.12 bits per heavy atom. The number of amides is 2. The summed E-state index contributed by atoms with van der Waals surface area (Å²) in [7, 11) is 1.29. The van der Waals surface area contributed by atoms with E-state index in [4.69, 9.17) is 21.3 Å². The van der Waals surface area contributed by atoms with E-state index in [1.807, 2.05) is 10.3 Å². The monoisotopic (exact) mass is 602 g/mol. The van der Waals surface area contributed by atoms with E-state index in [9.17, 15) is 23.9 Å². The maximum absolute atomic E-state index is 13.9. The van der Waals surface area contributed by atoms with Gasteiger partial charge in [-0.15, -0.1) is 11.3 Å². The fraction of sp³-hybridized carbons (Fsp3) is 0.444. The number of aromatic nitrogens is 1. The highest BCUT2D eigenvalue weighted by atomic mass is 35.5. The van der Waals surface area contributed by atoms with Gasteiger partial charge in [0.1, 0.15) is 11.9 Å². The third-order valence-electron chi connectivity index (χ3n) is 8.52. The number of carbonyl (C=O) groups excluding carboxylic acids is 2. The molecule has 2 atom stereocenters. The van der Waals surface area contributed by atoms with Gasteiger partial charge in [-0.05, 0) is 30.9 Å². The molecule has 0 spiro atoms. The van der Waals surface area contributed by atoms with Crippen molar-refractivity contribution in [2.45, 2.75) is 24.4 Å². The number of aliphatic imine (C=N–C) groups is 1. The number of nitrogens with one attached hydrogen (secondary N) is 2. The summed E-state index contributed by atoms with van der Waals surface area (Å²) in [6.45, 7) is 2.21. The standard InChI is InChI=1S/C27H28ClFN6O5S/c1-40-25(38)20-19(32-22(23-30-4-7-41-23)33-21(20)17-3-2-16(29)10-18(17)28)11-34-5-6-35-26(39)31-12-27(35,13-34)15-8-14(9-15)24(36)37/h2-4,7,10,14-15,21H,5-6,8-9,11-13H2,1H3,(H,31,39)(H,32,33)(H,36,37)/t14?,15?,21-,27+/m0/s1. The number of carboxylic acids is 1. The van der Waals surface area contributed by atoms with Crippen LogP contribution in [0.1, 0.15) is 29.5 Å². The van der Waals surface area contributed by atoms with Crippen LogP contribution >= 0.6 is 22.9 Å². The molecule has 2 aromatic rings. The van der Waals surface area contributed by atoms with Crippen LogP contribution in [0.4, 0.5) is 9.18 Å². The second kappa shape index (κ2) is 10.7. The van der Waals surface area contributed by atoms with E-state index in [0.29, 0.717) is 67.7 Å². The lowest BCUT2D eigenvalue weighted by molar-refractivity contribution is -0.149. The van der Waals surface area contributed by atoms with Crippen molar-refractivity contribution in [3.63, 3.8) is 0 Å². The number of amidine groups is 1. The van der Waals surface area contributed by atoms with Gasteiger partial charge in [-0.1, -0.05) is 17.7 Å². The zero-order valence-electron chi connectivity index (χ0n) is 22.1. The van der Waals surface area contributed by atoms with Gasteiger partial charge in [0.15, 0.2) is 10.8 Å². The number of hydrogen-bond acceptors (Lipinski definition) is 9. The van der Waals surface area contributed by atoms with Gasteiger partial charge in [-0.25, -0.2) is 19.0 Å². The van der Waals surface area contributed by atoms with Crippen molar-refractivity contribution in [2.24, 2.45) is 16.8 Å². The number of aliphatic carboxylic acids is 1. The van der Waals surface area contributed by atoms with Gasteiger partial charge in [0.2, 0.25) is 0 Å². The van der Waals surface area contributed by atoms with Crippen molar-refractivity contribution >= 4 is 46.7 Å². The minimum atomic E-state index is -0.876. The number of methoxy groups -OCH3 is 1. The lowest BCUT2D eigenvalue weighted by Crippen LogP contribution is -2.67. The Kier molecular flexibility index (Phi) is 7.20. The minimum absolute atomic E-state index is 0.0388. The fourth-order valence-corrected chi connectivity index (χ4v) is 7.23. The number of carboxylic acid groups (broad SMARTS) is 1. The molecule has 0 unspecified atom stereocenters.